The molecular formula is C15H14Cl4GaN2. The third-order valence-corrected chi connectivity index (χ3v) is 3.75. The Hall–Kier alpha value is -0.294. The van der Waals surface area contributed by atoms with Crippen LogP contribution in [0.15, 0.2) is 41.4 Å². The molecule has 2 nitrogen and oxygen atoms in total. The van der Waals surface area contributed by atoms with Crippen molar-refractivity contribution < 1.29 is 0 Å². The van der Waals surface area contributed by atoms with Crippen LogP contribution in [0.4, 0.5) is 11.4 Å². The van der Waals surface area contributed by atoms with Crippen LogP contribution in [0.2, 0.25) is 31.0 Å². The van der Waals surface area contributed by atoms with Crippen molar-refractivity contribution in [2.75, 3.05) is 5.32 Å². The third-order valence-electron chi connectivity index (χ3n) is 2.27. The summed E-state index contributed by atoms with van der Waals surface area (Å²) in [6.45, 7) is 0. The van der Waals surface area contributed by atoms with Gasteiger partial charge in [0.1, 0.15) is 0 Å². The van der Waals surface area contributed by atoms with Gasteiger partial charge in [-0.2, -0.15) is 0 Å². The Labute approximate surface area is 158 Å². The number of aliphatic imine (C=N–C) groups is 1. The van der Waals surface area contributed by atoms with Gasteiger partial charge in [0.25, 0.3) is 0 Å². The van der Waals surface area contributed by atoms with E-state index in [4.69, 9.17) is 46.4 Å². The van der Waals surface area contributed by atoms with Crippen LogP contribution in [0.3, 0.4) is 0 Å². The monoisotopic (exact) mass is 431 g/mol. The molecule has 2 rings (SSSR count). The van der Waals surface area contributed by atoms with Crippen molar-refractivity contribution in [2.45, 2.75) is 11.0 Å². The van der Waals surface area contributed by atoms with Gasteiger partial charge in [0.05, 0.1) is 32.1 Å². The molecule has 0 spiro atoms. The second-order valence-electron chi connectivity index (χ2n) is 4.21. The second-order valence-corrected chi connectivity index (χ2v) is 8.26. The second kappa shape index (κ2) is 10.5. The summed E-state index contributed by atoms with van der Waals surface area (Å²) in [6.07, 6.45) is 1.54. The van der Waals surface area contributed by atoms with Crippen molar-refractivity contribution in [2.24, 2.45) is 4.99 Å². The van der Waals surface area contributed by atoms with Crippen molar-refractivity contribution in [3.8, 4) is 0 Å². The van der Waals surface area contributed by atoms with Crippen LogP contribution in [0.25, 0.3) is 0 Å². The van der Waals surface area contributed by atoms with E-state index in [1.54, 1.807) is 42.7 Å². The molecular weight excluding hydrogens is 420 g/mol. The van der Waals surface area contributed by atoms with Crippen molar-refractivity contribution in [1.82, 2.24) is 0 Å². The quantitative estimate of drug-likeness (QED) is 0.319. The van der Waals surface area contributed by atoms with Gasteiger partial charge in [0.15, 0.2) is 0 Å². The van der Waals surface area contributed by atoms with E-state index in [9.17, 15) is 0 Å². The van der Waals surface area contributed by atoms with Crippen LogP contribution in [0, 0.1) is 0 Å². The molecule has 0 saturated heterocycles. The molecule has 0 saturated carbocycles. The Morgan fingerprint density at radius 2 is 1.41 bits per heavy atom. The van der Waals surface area contributed by atoms with E-state index < -0.39 is 0 Å². The molecule has 115 valence electrons. The van der Waals surface area contributed by atoms with Crippen LogP contribution in [-0.4, -0.2) is 23.7 Å². The number of benzene rings is 2. The number of anilines is 1. The van der Waals surface area contributed by atoms with Gasteiger partial charge in [0.2, 0.25) is 0 Å². The summed E-state index contributed by atoms with van der Waals surface area (Å²) in [6, 6.07) is 10.4. The molecule has 0 atom stereocenters. The van der Waals surface area contributed by atoms with Crippen molar-refractivity contribution in [3.05, 3.63) is 56.5 Å². The van der Waals surface area contributed by atoms with E-state index in [1.165, 1.54) is 0 Å². The van der Waals surface area contributed by atoms with Gasteiger partial charge in [0, 0.05) is 5.69 Å². The molecule has 0 aliphatic heterocycles. The standard InChI is InChI=1S/C13H8Cl4N2.2CH3.Ga/c14-10-3-1-8(5-12(10)16)18-7-19-9-2-4-11(15)13(17)6-9;;;/h1-7H,(H,18,19);2*1H3;. The predicted octanol–water partition coefficient (Wildman–Crippen LogP) is 6.86. The maximum absolute atomic E-state index is 5.90. The molecule has 2 aromatic carbocycles. The zero-order valence-electron chi connectivity index (χ0n) is 12.1. The van der Waals surface area contributed by atoms with Gasteiger partial charge < -0.3 is 5.32 Å². The molecule has 7 heteroatoms. The summed E-state index contributed by atoms with van der Waals surface area (Å²) in [7, 11) is 0. The Kier molecular flexibility index (Phi) is 9.40. The average Bonchev–Trinajstić information content (AvgIpc) is 2.47. The number of nitrogens with zero attached hydrogens (tertiary/aromatic N) is 1. The first kappa shape index (κ1) is 19.8. The van der Waals surface area contributed by atoms with Gasteiger partial charge in [-0.25, -0.2) is 4.99 Å². The van der Waals surface area contributed by atoms with Crippen LogP contribution < -0.4 is 5.32 Å². The molecule has 1 radical (unpaired) electrons. The van der Waals surface area contributed by atoms with Crippen LogP contribution in [-0.2, 0) is 0 Å². The van der Waals surface area contributed by atoms with E-state index in [1.807, 2.05) is 0 Å². The summed E-state index contributed by atoms with van der Waals surface area (Å²) in [4.78, 5) is 4.20. The molecule has 0 heterocycles. The van der Waals surface area contributed by atoms with E-state index in [2.05, 4.69) is 21.3 Å². The Morgan fingerprint density at radius 3 is 1.95 bits per heavy atom. The van der Waals surface area contributed by atoms with Gasteiger partial charge in [-0.05, 0) is 36.4 Å². The van der Waals surface area contributed by atoms with Gasteiger partial charge in [-0.3, -0.25) is 0 Å². The molecule has 0 aliphatic carbocycles. The van der Waals surface area contributed by atoms with E-state index in [0.29, 0.717) is 43.2 Å². The third kappa shape index (κ3) is 6.86. The molecule has 0 aromatic heterocycles. The topological polar surface area (TPSA) is 24.4 Å². The minimum atomic E-state index is 0.312. The van der Waals surface area contributed by atoms with Crippen molar-refractivity contribution >= 4 is 81.5 Å². The fourth-order valence-corrected chi connectivity index (χ4v) is 1.92. The number of hydrogen-bond donors (Lipinski definition) is 1. The van der Waals surface area contributed by atoms with Gasteiger partial charge in [-0.15, -0.1) is 0 Å². The number of halogens is 4. The Balaban J connectivity index is 0.000000745. The molecule has 0 amide bonds. The fourth-order valence-electron chi connectivity index (χ4n) is 1.33. The fraction of sp³-hybridized carbons (Fsp3) is 0.133. The zero-order valence-corrected chi connectivity index (χ0v) is 17.5. The zero-order chi connectivity index (χ0) is 16.5. The molecule has 1 N–H and O–H groups in total. The summed E-state index contributed by atoms with van der Waals surface area (Å²) >= 11 is 23.7. The number of hydrogen-bond acceptors (Lipinski definition) is 1. The number of nitrogens with one attached hydrogen (secondary N) is 1. The van der Waals surface area contributed by atoms with Gasteiger partial charge >= 0.3 is 28.4 Å². The van der Waals surface area contributed by atoms with E-state index in [-0.39, 0.29) is 0 Å². The van der Waals surface area contributed by atoms with Crippen LogP contribution in [0.1, 0.15) is 0 Å². The summed E-state index contributed by atoms with van der Waals surface area (Å²) < 4.78 is 0. The summed E-state index contributed by atoms with van der Waals surface area (Å²) in [5.41, 5.74) is 6.05. The predicted molar refractivity (Wildman–Crippen MR) is 102 cm³/mol. The normalized spacial score (nSPS) is 10.1. The molecule has 0 fully saturated rings. The maximum atomic E-state index is 5.90. The first-order valence-electron chi connectivity index (χ1n) is 6.41. The van der Waals surface area contributed by atoms with E-state index >= 15 is 0 Å². The Bertz CT molecular complexity index is 647. The van der Waals surface area contributed by atoms with Crippen molar-refractivity contribution in [1.29, 1.82) is 0 Å². The molecule has 22 heavy (non-hydrogen) atoms. The minimum absolute atomic E-state index is 0.312. The van der Waals surface area contributed by atoms with E-state index in [0.717, 1.165) is 5.69 Å². The van der Waals surface area contributed by atoms with Crippen LogP contribution in [0.5, 0.6) is 0 Å². The van der Waals surface area contributed by atoms with Crippen LogP contribution >= 0.6 is 46.4 Å². The van der Waals surface area contributed by atoms with Gasteiger partial charge in [-0.1, -0.05) is 46.4 Å². The molecule has 2 aromatic rings. The molecule has 0 bridgehead atoms. The average molecular weight is 434 g/mol. The van der Waals surface area contributed by atoms with Crippen molar-refractivity contribution in [3.63, 3.8) is 0 Å². The summed E-state index contributed by atoms with van der Waals surface area (Å²) in [5, 5.41) is 4.94. The molecule has 0 aliphatic rings. The SMILES string of the molecule is Clc1ccc(N=CNc2ccc(Cl)c(Cl)c2)cc1Cl.[CH3][Ga][CH3]. The first-order valence-corrected chi connectivity index (χ1v) is 12.8. The molecule has 0 unspecified atom stereocenters. The summed E-state index contributed by atoms with van der Waals surface area (Å²) in [5.74, 6) is 0. The Morgan fingerprint density at radius 1 is 0.864 bits per heavy atom. The number of rotatable bonds is 3. The first-order chi connectivity index (χ1) is 10.5.